The van der Waals surface area contributed by atoms with Gasteiger partial charge in [-0.3, -0.25) is 4.79 Å². The predicted octanol–water partition coefficient (Wildman–Crippen LogP) is 5.06. The third-order valence-corrected chi connectivity index (χ3v) is 5.57. The van der Waals surface area contributed by atoms with Crippen LogP contribution in [-0.4, -0.2) is 20.5 Å². The van der Waals surface area contributed by atoms with Gasteiger partial charge in [0.05, 0.1) is 5.56 Å². The van der Waals surface area contributed by atoms with Crippen LogP contribution in [0.5, 0.6) is 0 Å². The quantitative estimate of drug-likeness (QED) is 0.673. The van der Waals surface area contributed by atoms with Crippen LogP contribution < -0.4 is 5.32 Å². The van der Waals surface area contributed by atoms with Crippen molar-refractivity contribution in [2.45, 2.75) is 52.4 Å². The minimum atomic E-state index is -0.289. The number of anilines is 1. The van der Waals surface area contributed by atoms with Crippen molar-refractivity contribution in [3.8, 4) is 11.1 Å². The van der Waals surface area contributed by atoms with E-state index in [9.17, 15) is 9.18 Å². The molecule has 146 valence electrons. The predicted molar refractivity (Wildman–Crippen MR) is 108 cm³/mol. The van der Waals surface area contributed by atoms with Gasteiger partial charge in [-0.05, 0) is 48.9 Å². The number of aromatic nitrogens is 3. The van der Waals surface area contributed by atoms with E-state index in [0.29, 0.717) is 40.5 Å². The van der Waals surface area contributed by atoms with Crippen LogP contribution in [0.2, 0.25) is 0 Å². The van der Waals surface area contributed by atoms with E-state index in [-0.39, 0.29) is 11.7 Å². The Hall–Kier alpha value is -2.76. The summed E-state index contributed by atoms with van der Waals surface area (Å²) < 4.78 is 15.8. The van der Waals surface area contributed by atoms with Gasteiger partial charge in [-0.1, -0.05) is 37.8 Å². The SMILES string of the molecule is Cc1cnc2c(-c3ccc(C)c(F)c3)c(NC(=O)CCC3CCCC3)nn2c1. The van der Waals surface area contributed by atoms with Gasteiger partial charge in [0.15, 0.2) is 11.5 Å². The zero-order valence-corrected chi connectivity index (χ0v) is 16.3. The van der Waals surface area contributed by atoms with Crippen LogP contribution in [-0.2, 0) is 4.79 Å². The second-order valence-corrected chi connectivity index (χ2v) is 7.82. The highest BCUT2D eigenvalue weighted by Crippen LogP contribution is 2.33. The Kier molecular flexibility index (Phi) is 5.11. The molecule has 0 bridgehead atoms. The number of hydrogen-bond acceptors (Lipinski definition) is 3. The van der Waals surface area contributed by atoms with Gasteiger partial charge in [-0.2, -0.15) is 0 Å². The van der Waals surface area contributed by atoms with Crippen molar-refractivity contribution in [3.05, 3.63) is 47.5 Å². The molecule has 6 heteroatoms. The van der Waals surface area contributed by atoms with Crippen LogP contribution in [0.3, 0.4) is 0 Å². The molecule has 0 spiro atoms. The van der Waals surface area contributed by atoms with E-state index in [2.05, 4.69) is 15.4 Å². The maximum absolute atomic E-state index is 14.2. The van der Waals surface area contributed by atoms with Crippen LogP contribution in [0.15, 0.2) is 30.6 Å². The molecule has 3 aromatic rings. The minimum Gasteiger partial charge on any atom is -0.309 e. The Morgan fingerprint density at radius 3 is 2.82 bits per heavy atom. The molecule has 0 atom stereocenters. The zero-order chi connectivity index (χ0) is 19.7. The molecule has 5 nitrogen and oxygen atoms in total. The molecule has 1 amide bonds. The Balaban J connectivity index is 1.66. The molecular formula is C22H25FN4O. The second kappa shape index (κ2) is 7.70. The molecule has 0 unspecified atom stereocenters. The maximum atomic E-state index is 14.2. The lowest BCUT2D eigenvalue weighted by Gasteiger charge is -2.09. The van der Waals surface area contributed by atoms with Gasteiger partial charge < -0.3 is 5.32 Å². The number of carbonyl (C=O) groups excluding carboxylic acids is 1. The van der Waals surface area contributed by atoms with E-state index in [0.717, 1.165) is 12.0 Å². The summed E-state index contributed by atoms with van der Waals surface area (Å²) in [4.78, 5) is 17.0. The first kappa shape index (κ1) is 18.6. The zero-order valence-electron chi connectivity index (χ0n) is 16.3. The van der Waals surface area contributed by atoms with Gasteiger partial charge in [0.2, 0.25) is 5.91 Å². The van der Waals surface area contributed by atoms with Crippen molar-refractivity contribution >= 4 is 17.4 Å². The lowest BCUT2D eigenvalue weighted by molar-refractivity contribution is -0.116. The van der Waals surface area contributed by atoms with Crippen LogP contribution in [0.25, 0.3) is 16.8 Å². The number of nitrogens with one attached hydrogen (secondary N) is 1. The number of amides is 1. The highest BCUT2D eigenvalue weighted by Gasteiger charge is 2.20. The van der Waals surface area contributed by atoms with Crippen LogP contribution >= 0.6 is 0 Å². The van der Waals surface area contributed by atoms with Gasteiger partial charge in [-0.15, -0.1) is 5.10 Å². The number of fused-ring (bicyclic) bond motifs is 1. The van der Waals surface area contributed by atoms with Crippen molar-refractivity contribution in [3.63, 3.8) is 0 Å². The molecule has 1 aliphatic carbocycles. The second-order valence-electron chi connectivity index (χ2n) is 7.82. The lowest BCUT2D eigenvalue weighted by atomic mass is 10.0. The van der Waals surface area contributed by atoms with E-state index >= 15 is 0 Å². The van der Waals surface area contributed by atoms with Crippen LogP contribution in [0.1, 0.15) is 49.7 Å². The van der Waals surface area contributed by atoms with Gasteiger partial charge in [-0.25, -0.2) is 13.9 Å². The molecule has 1 aromatic carbocycles. The van der Waals surface area contributed by atoms with Crippen molar-refractivity contribution in [1.29, 1.82) is 0 Å². The Labute approximate surface area is 164 Å². The highest BCUT2D eigenvalue weighted by atomic mass is 19.1. The largest absolute Gasteiger partial charge is 0.309 e. The topological polar surface area (TPSA) is 59.3 Å². The molecule has 1 saturated carbocycles. The summed E-state index contributed by atoms with van der Waals surface area (Å²) in [5.41, 5.74) is 3.43. The number of aryl methyl sites for hydroxylation is 2. The first-order valence-corrected chi connectivity index (χ1v) is 9.92. The summed E-state index contributed by atoms with van der Waals surface area (Å²) in [5.74, 6) is 0.739. The van der Waals surface area contributed by atoms with Crippen molar-refractivity contribution in [2.24, 2.45) is 5.92 Å². The Morgan fingerprint density at radius 2 is 2.07 bits per heavy atom. The maximum Gasteiger partial charge on any atom is 0.225 e. The van der Waals surface area contributed by atoms with E-state index in [1.165, 1.54) is 31.7 Å². The van der Waals surface area contributed by atoms with Crippen LogP contribution in [0, 0.1) is 25.6 Å². The molecule has 0 radical (unpaired) electrons. The van der Waals surface area contributed by atoms with Crippen molar-refractivity contribution in [2.75, 3.05) is 5.32 Å². The molecule has 1 N–H and O–H groups in total. The van der Waals surface area contributed by atoms with Gasteiger partial charge in [0.1, 0.15) is 5.82 Å². The molecule has 2 heterocycles. The Morgan fingerprint density at radius 1 is 1.29 bits per heavy atom. The standard InChI is InChI=1S/C22H25FN4O/c1-14-12-24-22-20(17-9-7-15(2)18(23)11-17)21(26-27(22)13-14)25-19(28)10-8-16-5-3-4-6-16/h7,9,11-13,16H,3-6,8,10H2,1-2H3,(H,25,26,28). The number of rotatable bonds is 5. The van der Waals surface area contributed by atoms with Crippen LogP contribution in [0.4, 0.5) is 10.2 Å². The molecule has 0 aliphatic heterocycles. The third kappa shape index (κ3) is 3.77. The van der Waals surface area contributed by atoms with E-state index < -0.39 is 0 Å². The number of carbonyl (C=O) groups is 1. The summed E-state index contributed by atoms with van der Waals surface area (Å²) in [6.07, 6.45) is 9.97. The summed E-state index contributed by atoms with van der Waals surface area (Å²) >= 11 is 0. The van der Waals surface area contributed by atoms with Crippen molar-refractivity contribution < 1.29 is 9.18 Å². The third-order valence-electron chi connectivity index (χ3n) is 5.57. The summed E-state index contributed by atoms with van der Waals surface area (Å²) in [6.45, 7) is 3.65. The molecule has 2 aromatic heterocycles. The fraction of sp³-hybridized carbons (Fsp3) is 0.409. The molecule has 4 rings (SSSR count). The van der Waals surface area contributed by atoms with E-state index in [1.807, 2.05) is 19.2 Å². The number of benzene rings is 1. The smallest absolute Gasteiger partial charge is 0.225 e. The average molecular weight is 380 g/mol. The lowest BCUT2D eigenvalue weighted by Crippen LogP contribution is -2.13. The molecule has 28 heavy (non-hydrogen) atoms. The number of hydrogen-bond donors (Lipinski definition) is 1. The van der Waals surface area contributed by atoms with E-state index in [4.69, 9.17) is 0 Å². The van der Waals surface area contributed by atoms with Gasteiger partial charge in [0, 0.05) is 18.8 Å². The van der Waals surface area contributed by atoms with Crippen molar-refractivity contribution in [1.82, 2.24) is 14.6 Å². The summed E-state index contributed by atoms with van der Waals surface area (Å²) in [6, 6.07) is 5.04. The first-order valence-electron chi connectivity index (χ1n) is 9.92. The fourth-order valence-corrected chi connectivity index (χ4v) is 3.96. The number of nitrogens with zero attached hydrogens (tertiary/aromatic N) is 3. The summed E-state index contributed by atoms with van der Waals surface area (Å²) in [7, 11) is 0. The fourth-order valence-electron chi connectivity index (χ4n) is 3.96. The molecule has 0 saturated heterocycles. The monoisotopic (exact) mass is 380 g/mol. The normalized spacial score (nSPS) is 14.7. The highest BCUT2D eigenvalue weighted by molar-refractivity contribution is 5.97. The summed E-state index contributed by atoms with van der Waals surface area (Å²) in [5, 5.41) is 7.46. The first-order chi connectivity index (χ1) is 13.5. The molecular weight excluding hydrogens is 355 g/mol. The average Bonchev–Trinajstić information content (AvgIpc) is 3.29. The van der Waals surface area contributed by atoms with Gasteiger partial charge in [0.25, 0.3) is 0 Å². The van der Waals surface area contributed by atoms with E-state index in [1.54, 1.807) is 23.7 Å². The molecule has 1 fully saturated rings. The van der Waals surface area contributed by atoms with Gasteiger partial charge >= 0.3 is 0 Å². The Bertz CT molecular complexity index is 1020. The number of halogens is 1. The molecule has 1 aliphatic rings. The minimum absolute atomic E-state index is 0.0548.